The van der Waals surface area contributed by atoms with Gasteiger partial charge in [0.05, 0.1) is 12.3 Å². The molecule has 2 rings (SSSR count). The van der Waals surface area contributed by atoms with Gasteiger partial charge in [0.25, 0.3) is 5.91 Å². The molecule has 0 bridgehead atoms. The Bertz CT molecular complexity index is 544. The fourth-order valence-corrected chi connectivity index (χ4v) is 1.56. The van der Waals surface area contributed by atoms with Crippen molar-refractivity contribution in [3.63, 3.8) is 0 Å². The number of carbonyl (C=O) groups excluding carboxylic acids is 1. The van der Waals surface area contributed by atoms with E-state index < -0.39 is 0 Å². The predicted molar refractivity (Wildman–Crippen MR) is 63.2 cm³/mol. The van der Waals surface area contributed by atoms with Crippen LogP contribution in [0.25, 0.3) is 0 Å². The third kappa shape index (κ3) is 2.71. The third-order valence-corrected chi connectivity index (χ3v) is 2.40. The SMILES string of the molecule is N#CCN(Cc1ccccc1)C(=O)c1cn[nH]n1. The lowest BCUT2D eigenvalue weighted by molar-refractivity contribution is 0.0759. The van der Waals surface area contributed by atoms with Gasteiger partial charge in [0.15, 0.2) is 5.69 Å². The average molecular weight is 241 g/mol. The second-order valence-corrected chi connectivity index (χ2v) is 3.66. The Hall–Kier alpha value is -2.68. The summed E-state index contributed by atoms with van der Waals surface area (Å²) in [4.78, 5) is 13.5. The standard InChI is InChI=1S/C12H11N5O/c13-6-7-17(9-10-4-2-1-3-5-10)12(18)11-8-14-16-15-11/h1-5,8H,7,9H2,(H,14,15,16). The molecule has 6 heteroatoms. The number of aromatic nitrogens is 3. The van der Waals surface area contributed by atoms with Crippen LogP contribution in [0.2, 0.25) is 0 Å². The van der Waals surface area contributed by atoms with Crippen LogP contribution in [-0.4, -0.2) is 32.8 Å². The highest BCUT2D eigenvalue weighted by molar-refractivity contribution is 5.92. The summed E-state index contributed by atoms with van der Waals surface area (Å²) in [5, 5.41) is 18.5. The Labute approximate surface area is 104 Å². The van der Waals surface area contributed by atoms with E-state index in [1.54, 1.807) is 0 Å². The fourth-order valence-electron chi connectivity index (χ4n) is 1.56. The molecule has 0 saturated heterocycles. The second-order valence-electron chi connectivity index (χ2n) is 3.66. The van der Waals surface area contributed by atoms with Crippen LogP contribution in [0.1, 0.15) is 16.1 Å². The molecule has 0 spiro atoms. The van der Waals surface area contributed by atoms with Crippen molar-refractivity contribution in [3.8, 4) is 6.07 Å². The van der Waals surface area contributed by atoms with Crippen molar-refractivity contribution in [1.29, 1.82) is 5.26 Å². The molecule has 0 aliphatic rings. The first kappa shape index (κ1) is 11.8. The first-order chi connectivity index (χ1) is 8.81. The molecule has 1 aromatic carbocycles. The molecule has 0 atom stereocenters. The highest BCUT2D eigenvalue weighted by Gasteiger charge is 2.17. The van der Waals surface area contributed by atoms with Crippen LogP contribution in [0.4, 0.5) is 0 Å². The minimum atomic E-state index is -0.311. The molecule has 2 aromatic rings. The zero-order valence-electron chi connectivity index (χ0n) is 9.58. The lowest BCUT2D eigenvalue weighted by Gasteiger charge is -2.18. The van der Waals surface area contributed by atoms with Crippen LogP contribution in [0.5, 0.6) is 0 Å². The summed E-state index contributed by atoms with van der Waals surface area (Å²) >= 11 is 0. The van der Waals surface area contributed by atoms with E-state index in [1.165, 1.54) is 11.1 Å². The smallest absolute Gasteiger partial charge is 0.277 e. The van der Waals surface area contributed by atoms with E-state index in [0.717, 1.165) is 5.56 Å². The molecule has 0 fully saturated rings. The number of benzene rings is 1. The van der Waals surface area contributed by atoms with Crippen molar-refractivity contribution < 1.29 is 4.79 Å². The Morgan fingerprint density at radius 3 is 2.78 bits per heavy atom. The minimum absolute atomic E-state index is 0.0145. The maximum absolute atomic E-state index is 12.1. The van der Waals surface area contributed by atoms with Gasteiger partial charge in [0, 0.05) is 6.54 Å². The highest BCUT2D eigenvalue weighted by atomic mass is 16.2. The quantitative estimate of drug-likeness (QED) is 0.808. The van der Waals surface area contributed by atoms with Crippen LogP contribution in [-0.2, 0) is 6.54 Å². The number of nitrogens with zero attached hydrogens (tertiary/aromatic N) is 4. The zero-order chi connectivity index (χ0) is 12.8. The summed E-state index contributed by atoms with van der Waals surface area (Å²) in [7, 11) is 0. The van der Waals surface area contributed by atoms with E-state index in [2.05, 4.69) is 15.4 Å². The fraction of sp³-hybridized carbons (Fsp3) is 0.167. The van der Waals surface area contributed by atoms with Gasteiger partial charge < -0.3 is 4.90 Å². The molecular weight excluding hydrogens is 230 g/mol. The van der Waals surface area contributed by atoms with Crippen molar-refractivity contribution in [3.05, 3.63) is 47.8 Å². The number of rotatable bonds is 4. The lowest BCUT2D eigenvalue weighted by atomic mass is 10.2. The number of nitrogens with one attached hydrogen (secondary N) is 1. The molecule has 0 unspecified atom stereocenters. The van der Waals surface area contributed by atoms with Crippen LogP contribution in [0.15, 0.2) is 36.5 Å². The Morgan fingerprint density at radius 2 is 2.17 bits per heavy atom. The number of hydrogen-bond donors (Lipinski definition) is 1. The highest BCUT2D eigenvalue weighted by Crippen LogP contribution is 2.07. The number of aromatic amines is 1. The normalized spacial score (nSPS) is 9.72. The van der Waals surface area contributed by atoms with Gasteiger partial charge in [0.2, 0.25) is 0 Å². The van der Waals surface area contributed by atoms with Crippen LogP contribution >= 0.6 is 0 Å². The van der Waals surface area contributed by atoms with Gasteiger partial charge in [-0.15, -0.1) is 0 Å². The van der Waals surface area contributed by atoms with Gasteiger partial charge in [-0.1, -0.05) is 30.3 Å². The maximum Gasteiger partial charge on any atom is 0.277 e. The zero-order valence-corrected chi connectivity index (χ0v) is 9.58. The van der Waals surface area contributed by atoms with Gasteiger partial charge in [0.1, 0.15) is 6.54 Å². The Morgan fingerprint density at radius 1 is 1.39 bits per heavy atom. The van der Waals surface area contributed by atoms with E-state index in [-0.39, 0.29) is 18.1 Å². The summed E-state index contributed by atoms with van der Waals surface area (Å²) < 4.78 is 0. The van der Waals surface area contributed by atoms with E-state index in [0.29, 0.717) is 6.54 Å². The summed E-state index contributed by atoms with van der Waals surface area (Å²) in [5.74, 6) is -0.311. The molecule has 6 nitrogen and oxygen atoms in total. The van der Waals surface area contributed by atoms with Crippen molar-refractivity contribution in [2.45, 2.75) is 6.54 Å². The summed E-state index contributed by atoms with van der Waals surface area (Å²) in [6, 6.07) is 11.5. The minimum Gasteiger partial charge on any atom is -0.320 e. The van der Waals surface area contributed by atoms with Gasteiger partial charge in [-0.05, 0) is 5.56 Å². The number of H-pyrrole nitrogens is 1. The van der Waals surface area contributed by atoms with E-state index in [9.17, 15) is 4.79 Å². The van der Waals surface area contributed by atoms with E-state index >= 15 is 0 Å². The number of hydrogen-bond acceptors (Lipinski definition) is 4. The molecule has 0 radical (unpaired) electrons. The number of carbonyl (C=O) groups is 1. The summed E-state index contributed by atoms with van der Waals surface area (Å²) in [5.41, 5.74) is 1.17. The summed E-state index contributed by atoms with van der Waals surface area (Å²) in [6.45, 7) is 0.390. The van der Waals surface area contributed by atoms with Crippen LogP contribution in [0.3, 0.4) is 0 Å². The van der Waals surface area contributed by atoms with Crippen molar-refractivity contribution in [2.24, 2.45) is 0 Å². The van der Waals surface area contributed by atoms with Crippen LogP contribution < -0.4 is 0 Å². The maximum atomic E-state index is 12.1. The van der Waals surface area contributed by atoms with Gasteiger partial charge in [-0.2, -0.15) is 20.7 Å². The van der Waals surface area contributed by atoms with Crippen molar-refractivity contribution >= 4 is 5.91 Å². The number of nitriles is 1. The number of amides is 1. The lowest BCUT2D eigenvalue weighted by Crippen LogP contribution is -2.31. The van der Waals surface area contributed by atoms with Crippen molar-refractivity contribution in [2.75, 3.05) is 6.54 Å². The first-order valence-corrected chi connectivity index (χ1v) is 5.37. The predicted octanol–water partition coefficient (Wildman–Crippen LogP) is 0.971. The topological polar surface area (TPSA) is 85.7 Å². The third-order valence-electron chi connectivity index (χ3n) is 2.40. The summed E-state index contributed by atoms with van der Waals surface area (Å²) in [6.07, 6.45) is 1.34. The molecule has 1 amide bonds. The van der Waals surface area contributed by atoms with Crippen molar-refractivity contribution in [1.82, 2.24) is 20.3 Å². The van der Waals surface area contributed by atoms with Gasteiger partial charge >= 0.3 is 0 Å². The second kappa shape index (κ2) is 5.59. The van der Waals surface area contributed by atoms with E-state index in [4.69, 9.17) is 5.26 Å². The first-order valence-electron chi connectivity index (χ1n) is 5.37. The molecule has 0 aliphatic heterocycles. The molecule has 0 aliphatic carbocycles. The molecular formula is C12H11N5O. The molecule has 1 heterocycles. The largest absolute Gasteiger partial charge is 0.320 e. The molecule has 90 valence electrons. The molecule has 1 aromatic heterocycles. The molecule has 1 N–H and O–H groups in total. The molecule has 18 heavy (non-hydrogen) atoms. The molecule has 0 saturated carbocycles. The average Bonchev–Trinajstić information content (AvgIpc) is 2.92. The monoisotopic (exact) mass is 241 g/mol. The Kier molecular flexibility index (Phi) is 3.66. The van der Waals surface area contributed by atoms with Gasteiger partial charge in [-0.3, -0.25) is 4.79 Å². The van der Waals surface area contributed by atoms with E-state index in [1.807, 2.05) is 36.4 Å². The van der Waals surface area contributed by atoms with Gasteiger partial charge in [-0.25, -0.2) is 0 Å². The Balaban J connectivity index is 2.14. The van der Waals surface area contributed by atoms with Crippen LogP contribution in [0, 0.1) is 11.3 Å².